The van der Waals surface area contributed by atoms with E-state index in [2.05, 4.69) is 57.4 Å². The van der Waals surface area contributed by atoms with Crippen molar-refractivity contribution in [3.63, 3.8) is 0 Å². The molecule has 1 aromatic heterocycles. The van der Waals surface area contributed by atoms with Crippen LogP contribution in [-0.4, -0.2) is 34.0 Å². The van der Waals surface area contributed by atoms with Crippen LogP contribution in [0.4, 0.5) is 5.82 Å². The molecule has 138 valence electrons. The van der Waals surface area contributed by atoms with E-state index in [9.17, 15) is 0 Å². The number of anilines is 1. The van der Waals surface area contributed by atoms with Gasteiger partial charge in [0.2, 0.25) is 0 Å². The van der Waals surface area contributed by atoms with Gasteiger partial charge in [-0.3, -0.25) is 4.90 Å². The summed E-state index contributed by atoms with van der Waals surface area (Å²) < 4.78 is 0. The molecule has 0 spiro atoms. The van der Waals surface area contributed by atoms with Crippen molar-refractivity contribution in [3.05, 3.63) is 77.6 Å². The van der Waals surface area contributed by atoms with Gasteiger partial charge in [0.1, 0.15) is 12.1 Å². The molecular weight excluding hydrogens is 356 g/mol. The van der Waals surface area contributed by atoms with Crippen LogP contribution in [0.2, 0.25) is 5.02 Å². The van der Waals surface area contributed by atoms with Gasteiger partial charge in [0, 0.05) is 42.3 Å². The monoisotopic (exact) mass is 378 g/mol. The van der Waals surface area contributed by atoms with Gasteiger partial charge in [-0.15, -0.1) is 0 Å². The fourth-order valence-corrected chi connectivity index (χ4v) is 3.85. The Kier molecular flexibility index (Phi) is 5.37. The molecule has 1 aliphatic rings. The summed E-state index contributed by atoms with van der Waals surface area (Å²) in [7, 11) is 0. The quantitative estimate of drug-likeness (QED) is 0.696. The minimum absolute atomic E-state index is 0.371. The van der Waals surface area contributed by atoms with Gasteiger partial charge in [-0.25, -0.2) is 9.97 Å². The molecule has 2 aromatic carbocycles. The van der Waals surface area contributed by atoms with Gasteiger partial charge in [0.15, 0.2) is 0 Å². The lowest BCUT2D eigenvalue weighted by atomic mass is 10.1. The number of halogens is 1. The first-order valence-corrected chi connectivity index (χ1v) is 9.66. The van der Waals surface area contributed by atoms with Gasteiger partial charge in [-0.2, -0.15) is 0 Å². The first-order chi connectivity index (χ1) is 13.2. The summed E-state index contributed by atoms with van der Waals surface area (Å²) in [5.74, 6) is 1.41. The molecular formula is C22H23ClN4. The molecule has 0 amide bonds. The standard InChI is InChI=1S/C22H23ClN4/c1-16-12-27(13-17-6-3-2-4-7-17)14-21(16)26-22-11-20(24-15-25-22)18-8-5-9-19(23)10-18/h2-11,15-16,21H,12-14H2,1H3,(H,24,25,26). The third kappa shape index (κ3) is 4.46. The first-order valence-electron chi connectivity index (χ1n) is 9.28. The number of nitrogens with one attached hydrogen (secondary N) is 1. The largest absolute Gasteiger partial charge is 0.366 e. The average molecular weight is 379 g/mol. The molecule has 5 heteroatoms. The highest BCUT2D eigenvalue weighted by atomic mass is 35.5. The lowest BCUT2D eigenvalue weighted by Crippen LogP contribution is -2.28. The third-order valence-electron chi connectivity index (χ3n) is 5.06. The van der Waals surface area contributed by atoms with Crippen LogP contribution in [0, 0.1) is 5.92 Å². The Balaban J connectivity index is 1.44. The Hall–Kier alpha value is -2.43. The van der Waals surface area contributed by atoms with E-state index in [1.54, 1.807) is 6.33 Å². The number of likely N-dealkylation sites (tertiary alicyclic amines) is 1. The molecule has 1 N–H and O–H groups in total. The molecule has 0 aliphatic carbocycles. The third-order valence-corrected chi connectivity index (χ3v) is 5.29. The molecule has 2 atom stereocenters. The normalized spacial score (nSPS) is 19.9. The Morgan fingerprint density at radius 2 is 1.89 bits per heavy atom. The zero-order valence-corrected chi connectivity index (χ0v) is 16.1. The Morgan fingerprint density at radius 3 is 2.70 bits per heavy atom. The minimum atomic E-state index is 0.371. The van der Waals surface area contributed by atoms with Crippen molar-refractivity contribution in [2.45, 2.75) is 19.5 Å². The second-order valence-electron chi connectivity index (χ2n) is 7.21. The van der Waals surface area contributed by atoms with Crippen LogP contribution < -0.4 is 5.32 Å². The molecule has 2 unspecified atom stereocenters. The zero-order valence-electron chi connectivity index (χ0n) is 15.3. The van der Waals surface area contributed by atoms with Crippen molar-refractivity contribution in [1.82, 2.24) is 14.9 Å². The van der Waals surface area contributed by atoms with E-state index in [0.717, 1.165) is 36.7 Å². The summed E-state index contributed by atoms with van der Waals surface area (Å²) in [6, 6.07) is 20.7. The Morgan fingerprint density at radius 1 is 1.04 bits per heavy atom. The molecule has 0 saturated carbocycles. The summed E-state index contributed by atoms with van der Waals surface area (Å²) in [5, 5.41) is 4.32. The van der Waals surface area contributed by atoms with Crippen LogP contribution in [0.25, 0.3) is 11.3 Å². The van der Waals surface area contributed by atoms with Crippen molar-refractivity contribution < 1.29 is 0 Å². The molecule has 0 radical (unpaired) electrons. The van der Waals surface area contributed by atoms with Crippen LogP contribution in [0.1, 0.15) is 12.5 Å². The predicted molar refractivity (Wildman–Crippen MR) is 111 cm³/mol. The fraction of sp³-hybridized carbons (Fsp3) is 0.273. The molecule has 2 heterocycles. The Bertz CT molecular complexity index is 900. The second kappa shape index (κ2) is 8.07. The molecule has 27 heavy (non-hydrogen) atoms. The van der Waals surface area contributed by atoms with Crippen molar-refractivity contribution in [2.24, 2.45) is 5.92 Å². The SMILES string of the molecule is CC1CN(Cc2ccccc2)CC1Nc1cc(-c2cccc(Cl)c2)ncn1. The number of rotatable bonds is 5. The van der Waals surface area contributed by atoms with E-state index < -0.39 is 0 Å². The van der Waals surface area contributed by atoms with Crippen LogP contribution in [0.5, 0.6) is 0 Å². The predicted octanol–water partition coefficient (Wildman–Crippen LogP) is 4.73. The highest BCUT2D eigenvalue weighted by Crippen LogP contribution is 2.25. The maximum absolute atomic E-state index is 6.11. The highest BCUT2D eigenvalue weighted by molar-refractivity contribution is 6.30. The van der Waals surface area contributed by atoms with Gasteiger partial charge in [0.25, 0.3) is 0 Å². The van der Waals surface area contributed by atoms with Crippen LogP contribution in [0.3, 0.4) is 0 Å². The van der Waals surface area contributed by atoms with Gasteiger partial charge in [-0.1, -0.05) is 61.0 Å². The maximum atomic E-state index is 6.11. The number of hydrogen-bond donors (Lipinski definition) is 1. The Labute approximate surface area is 165 Å². The highest BCUT2D eigenvalue weighted by Gasteiger charge is 2.29. The molecule has 3 aromatic rings. The summed E-state index contributed by atoms with van der Waals surface area (Å²) in [4.78, 5) is 11.3. The lowest BCUT2D eigenvalue weighted by Gasteiger charge is -2.18. The van der Waals surface area contributed by atoms with E-state index >= 15 is 0 Å². The topological polar surface area (TPSA) is 41.0 Å². The van der Waals surface area contributed by atoms with Crippen molar-refractivity contribution in [2.75, 3.05) is 18.4 Å². The van der Waals surface area contributed by atoms with E-state index in [-0.39, 0.29) is 0 Å². The average Bonchev–Trinajstić information content (AvgIpc) is 3.01. The summed E-state index contributed by atoms with van der Waals surface area (Å²) in [5.41, 5.74) is 3.23. The summed E-state index contributed by atoms with van der Waals surface area (Å²) >= 11 is 6.11. The molecule has 1 aliphatic heterocycles. The van der Waals surface area contributed by atoms with Crippen LogP contribution in [-0.2, 0) is 6.54 Å². The molecule has 1 fully saturated rings. The number of hydrogen-bond acceptors (Lipinski definition) is 4. The molecule has 0 bridgehead atoms. The smallest absolute Gasteiger partial charge is 0.130 e. The fourth-order valence-electron chi connectivity index (χ4n) is 3.66. The minimum Gasteiger partial charge on any atom is -0.366 e. The lowest BCUT2D eigenvalue weighted by molar-refractivity contribution is 0.319. The van der Waals surface area contributed by atoms with Crippen LogP contribution in [0.15, 0.2) is 67.0 Å². The van der Waals surface area contributed by atoms with Gasteiger partial charge in [-0.05, 0) is 23.6 Å². The second-order valence-corrected chi connectivity index (χ2v) is 7.64. The van der Waals surface area contributed by atoms with Crippen molar-refractivity contribution in [1.29, 1.82) is 0 Å². The van der Waals surface area contributed by atoms with Crippen LogP contribution >= 0.6 is 11.6 Å². The zero-order chi connectivity index (χ0) is 18.6. The van der Waals surface area contributed by atoms with E-state index in [4.69, 9.17) is 11.6 Å². The van der Waals surface area contributed by atoms with Gasteiger partial charge < -0.3 is 5.32 Å². The first kappa shape index (κ1) is 18.0. The molecule has 4 rings (SSSR count). The summed E-state index contributed by atoms with van der Waals surface area (Å²) in [6.45, 7) is 5.37. The number of nitrogens with zero attached hydrogens (tertiary/aromatic N) is 3. The maximum Gasteiger partial charge on any atom is 0.130 e. The number of benzene rings is 2. The van der Waals surface area contributed by atoms with Crippen molar-refractivity contribution >= 4 is 17.4 Å². The van der Waals surface area contributed by atoms with E-state index in [1.165, 1.54) is 5.56 Å². The van der Waals surface area contributed by atoms with E-state index in [1.807, 2.05) is 30.3 Å². The molecule has 4 nitrogen and oxygen atoms in total. The van der Waals surface area contributed by atoms with Gasteiger partial charge >= 0.3 is 0 Å². The summed E-state index contributed by atoms with van der Waals surface area (Å²) in [6.07, 6.45) is 1.61. The molecule has 1 saturated heterocycles. The number of aromatic nitrogens is 2. The van der Waals surface area contributed by atoms with E-state index in [0.29, 0.717) is 17.0 Å². The van der Waals surface area contributed by atoms with Gasteiger partial charge in [0.05, 0.1) is 5.69 Å². The van der Waals surface area contributed by atoms with Crippen molar-refractivity contribution in [3.8, 4) is 11.3 Å².